The van der Waals surface area contributed by atoms with E-state index >= 15 is 0 Å². The molecule has 1 aliphatic rings. The van der Waals surface area contributed by atoms with E-state index in [1.165, 1.54) is 0 Å². The summed E-state index contributed by atoms with van der Waals surface area (Å²) in [4.78, 5) is 6.45. The Morgan fingerprint density at radius 1 is 1.27 bits per heavy atom. The lowest BCUT2D eigenvalue weighted by atomic mass is 10.00. The first-order valence-electron chi connectivity index (χ1n) is 9.92. The fourth-order valence-corrected chi connectivity index (χ4v) is 3.59. The highest BCUT2D eigenvalue weighted by atomic mass is 16.5. The van der Waals surface area contributed by atoms with Crippen LogP contribution in [0.25, 0.3) is 0 Å². The van der Waals surface area contributed by atoms with Gasteiger partial charge in [0.2, 0.25) is 0 Å². The summed E-state index contributed by atoms with van der Waals surface area (Å²) in [7, 11) is 1.64. The maximum absolute atomic E-state index is 9.74. The van der Waals surface area contributed by atoms with Crippen molar-refractivity contribution in [1.29, 1.82) is 10.7 Å². The highest BCUT2D eigenvalue weighted by molar-refractivity contribution is 6.09. The number of hydrogen-bond acceptors (Lipinski definition) is 5. The zero-order valence-electron chi connectivity index (χ0n) is 17.4. The van der Waals surface area contributed by atoms with Gasteiger partial charge in [0.15, 0.2) is 0 Å². The monoisotopic (exact) mass is 405 g/mol. The van der Waals surface area contributed by atoms with Crippen LogP contribution in [-0.2, 0) is 6.54 Å². The van der Waals surface area contributed by atoms with Gasteiger partial charge in [-0.2, -0.15) is 5.26 Å². The molecule has 1 aliphatic heterocycles. The Labute approximate surface area is 176 Å². The van der Waals surface area contributed by atoms with E-state index in [-0.39, 0.29) is 11.9 Å². The summed E-state index contributed by atoms with van der Waals surface area (Å²) in [5, 5.41) is 27.7. The first-order valence-corrected chi connectivity index (χ1v) is 9.92. The summed E-state index contributed by atoms with van der Waals surface area (Å²) in [6, 6.07) is 13.1. The number of aryl methyl sites for hydroxylation is 1. The number of piperidine rings is 1. The number of ether oxygens (including phenoxy) is 1. The Morgan fingerprint density at radius 3 is 2.63 bits per heavy atom. The van der Waals surface area contributed by atoms with Crippen molar-refractivity contribution in [3.05, 3.63) is 64.2 Å². The Balaban J connectivity index is 1.87. The van der Waals surface area contributed by atoms with Crippen LogP contribution in [0, 0.1) is 23.7 Å². The number of aliphatic imine (C=N–C) groups is 1. The second kappa shape index (κ2) is 9.42. The van der Waals surface area contributed by atoms with Crippen molar-refractivity contribution in [3.8, 4) is 11.8 Å². The van der Waals surface area contributed by atoms with Gasteiger partial charge >= 0.3 is 0 Å². The average Bonchev–Trinajstić information content (AvgIpc) is 2.77. The van der Waals surface area contributed by atoms with Gasteiger partial charge in [-0.15, -0.1) is 0 Å². The molecular formula is C23H27N5O2. The average molecular weight is 406 g/mol. The van der Waals surface area contributed by atoms with E-state index in [9.17, 15) is 10.4 Å². The van der Waals surface area contributed by atoms with Crippen LogP contribution in [0.1, 0.15) is 40.7 Å². The van der Waals surface area contributed by atoms with Crippen molar-refractivity contribution in [2.75, 3.05) is 20.2 Å². The summed E-state index contributed by atoms with van der Waals surface area (Å²) in [6.07, 6.45) is 0.956. The highest BCUT2D eigenvalue weighted by Gasteiger charge is 2.22. The third-order valence-electron chi connectivity index (χ3n) is 5.35. The number of benzene rings is 2. The maximum Gasteiger partial charge on any atom is 0.128 e. The number of hydrogen-bond donors (Lipinski definition) is 3. The van der Waals surface area contributed by atoms with E-state index < -0.39 is 0 Å². The molecule has 1 saturated heterocycles. The zero-order chi connectivity index (χ0) is 21.7. The number of nitrogens with zero attached hydrogens (tertiary/aromatic N) is 3. The van der Waals surface area contributed by atoms with Crippen molar-refractivity contribution < 1.29 is 9.84 Å². The van der Waals surface area contributed by atoms with Crippen LogP contribution in [0.5, 0.6) is 5.75 Å². The molecule has 7 heteroatoms. The standard InChI is InChI=1S/C23H27N5O2/c1-15-11-17(4-6-21(15)30-2)14-27-22(25)20-12-16(13-24)3-5-19(20)23(26)28-9-7-18(29)8-10-28/h3-6,11-12,18,26,29H,7-10,14H2,1-2H3,(H2,25,27). The van der Waals surface area contributed by atoms with Gasteiger partial charge in [0.05, 0.1) is 31.4 Å². The summed E-state index contributed by atoms with van der Waals surface area (Å²) in [5.41, 5.74) is 10.0. The molecular weight excluding hydrogens is 378 g/mol. The second-order valence-electron chi connectivity index (χ2n) is 7.44. The number of nitrogens with two attached hydrogens (primary N) is 1. The number of aliphatic hydroxyl groups excluding tert-OH is 1. The van der Waals surface area contributed by atoms with Crippen molar-refractivity contribution >= 4 is 11.7 Å². The molecule has 0 aromatic heterocycles. The van der Waals surface area contributed by atoms with Gasteiger partial charge in [-0.3, -0.25) is 10.4 Å². The Kier molecular flexibility index (Phi) is 6.70. The van der Waals surface area contributed by atoms with E-state index in [1.807, 2.05) is 30.0 Å². The molecule has 2 aromatic rings. The number of nitrogens with one attached hydrogen (secondary N) is 1. The summed E-state index contributed by atoms with van der Waals surface area (Å²) in [6.45, 7) is 3.58. The largest absolute Gasteiger partial charge is 0.496 e. The fourth-order valence-electron chi connectivity index (χ4n) is 3.59. The fraction of sp³-hybridized carbons (Fsp3) is 0.348. The van der Waals surface area contributed by atoms with Crippen molar-refractivity contribution in [2.24, 2.45) is 10.7 Å². The number of rotatable bonds is 5. The quantitative estimate of drug-likeness (QED) is 0.522. The molecule has 156 valence electrons. The smallest absolute Gasteiger partial charge is 0.128 e. The van der Waals surface area contributed by atoms with Gasteiger partial charge < -0.3 is 20.5 Å². The van der Waals surface area contributed by atoms with E-state index in [0.717, 1.165) is 16.9 Å². The minimum Gasteiger partial charge on any atom is -0.496 e. The Bertz CT molecular complexity index is 1000. The lowest BCUT2D eigenvalue weighted by Crippen LogP contribution is -2.40. The van der Waals surface area contributed by atoms with Gasteiger partial charge in [-0.1, -0.05) is 12.1 Å². The van der Waals surface area contributed by atoms with Gasteiger partial charge in [-0.05, 0) is 55.2 Å². The molecule has 7 nitrogen and oxygen atoms in total. The zero-order valence-corrected chi connectivity index (χ0v) is 17.4. The lowest BCUT2D eigenvalue weighted by Gasteiger charge is -2.32. The number of methoxy groups -OCH3 is 1. The molecule has 0 amide bonds. The van der Waals surface area contributed by atoms with Crippen LogP contribution in [-0.4, -0.2) is 48.0 Å². The molecule has 0 radical (unpaired) electrons. The van der Waals surface area contributed by atoms with Crippen LogP contribution in [0.3, 0.4) is 0 Å². The SMILES string of the molecule is COc1ccc(CN=C(N)c2cc(C#N)ccc2C(=N)N2CCC(O)CC2)cc1C. The number of aliphatic hydroxyl groups is 1. The number of amidine groups is 2. The first kappa shape index (κ1) is 21.3. The van der Waals surface area contributed by atoms with Crippen LogP contribution < -0.4 is 10.5 Å². The molecule has 1 fully saturated rings. The van der Waals surface area contributed by atoms with Crippen LogP contribution in [0.2, 0.25) is 0 Å². The molecule has 30 heavy (non-hydrogen) atoms. The van der Waals surface area contributed by atoms with Crippen molar-refractivity contribution in [1.82, 2.24) is 4.90 Å². The van der Waals surface area contributed by atoms with Gasteiger partial charge in [0.1, 0.15) is 17.4 Å². The van der Waals surface area contributed by atoms with E-state index in [2.05, 4.69) is 11.1 Å². The Hall–Kier alpha value is -3.37. The summed E-state index contributed by atoms with van der Waals surface area (Å²) in [5.74, 6) is 1.44. The third kappa shape index (κ3) is 4.78. The predicted molar refractivity (Wildman–Crippen MR) is 117 cm³/mol. The third-order valence-corrected chi connectivity index (χ3v) is 5.35. The Morgan fingerprint density at radius 2 is 2.00 bits per heavy atom. The number of nitriles is 1. The van der Waals surface area contributed by atoms with Gasteiger partial charge in [0.25, 0.3) is 0 Å². The second-order valence-corrected chi connectivity index (χ2v) is 7.44. The molecule has 0 atom stereocenters. The van der Waals surface area contributed by atoms with Crippen LogP contribution in [0.15, 0.2) is 41.4 Å². The van der Waals surface area contributed by atoms with E-state index in [0.29, 0.717) is 55.0 Å². The predicted octanol–water partition coefficient (Wildman–Crippen LogP) is 2.56. The van der Waals surface area contributed by atoms with Gasteiger partial charge in [0, 0.05) is 24.2 Å². The molecule has 0 unspecified atom stereocenters. The molecule has 0 bridgehead atoms. The van der Waals surface area contributed by atoms with Crippen molar-refractivity contribution in [2.45, 2.75) is 32.4 Å². The molecule has 0 aliphatic carbocycles. The molecule has 1 heterocycles. The molecule has 0 saturated carbocycles. The highest BCUT2D eigenvalue weighted by Crippen LogP contribution is 2.20. The summed E-state index contributed by atoms with van der Waals surface area (Å²) < 4.78 is 5.29. The van der Waals surface area contributed by atoms with Gasteiger partial charge in [-0.25, -0.2) is 0 Å². The topological polar surface area (TPSA) is 119 Å². The van der Waals surface area contributed by atoms with E-state index in [1.54, 1.807) is 25.3 Å². The van der Waals surface area contributed by atoms with Crippen molar-refractivity contribution in [3.63, 3.8) is 0 Å². The minimum atomic E-state index is -0.311. The molecule has 0 spiro atoms. The normalized spacial score (nSPS) is 15.0. The molecule has 4 N–H and O–H groups in total. The molecule has 3 rings (SSSR count). The number of likely N-dealkylation sites (tertiary alicyclic amines) is 1. The summed E-state index contributed by atoms with van der Waals surface area (Å²) >= 11 is 0. The van der Waals surface area contributed by atoms with Crippen LogP contribution in [0.4, 0.5) is 0 Å². The van der Waals surface area contributed by atoms with Crippen LogP contribution >= 0.6 is 0 Å². The lowest BCUT2D eigenvalue weighted by molar-refractivity contribution is 0.109. The first-order chi connectivity index (χ1) is 14.4. The molecule has 2 aromatic carbocycles. The maximum atomic E-state index is 9.74. The minimum absolute atomic E-state index is 0.289. The van der Waals surface area contributed by atoms with E-state index in [4.69, 9.17) is 15.9 Å².